The van der Waals surface area contributed by atoms with E-state index in [-0.39, 0.29) is 11.4 Å². The van der Waals surface area contributed by atoms with E-state index in [9.17, 15) is 8.78 Å². The normalized spacial score (nSPS) is 16.4. The summed E-state index contributed by atoms with van der Waals surface area (Å²) in [5.41, 5.74) is 2.15. The Morgan fingerprint density at radius 1 is 1.03 bits per heavy atom. The third-order valence-corrected chi connectivity index (χ3v) is 5.72. The molecule has 0 unspecified atom stereocenters. The molecule has 0 saturated carbocycles. The lowest BCUT2D eigenvalue weighted by atomic mass is 10.1. The van der Waals surface area contributed by atoms with Crippen LogP contribution in [0.15, 0.2) is 47.6 Å². The first-order chi connectivity index (χ1) is 14.5. The summed E-state index contributed by atoms with van der Waals surface area (Å²) in [6, 6.07) is 9.58. The highest BCUT2D eigenvalue weighted by Crippen LogP contribution is 2.36. The number of aromatic nitrogens is 2. The molecule has 2 aromatic carbocycles. The van der Waals surface area contributed by atoms with Crippen LogP contribution < -0.4 is 10.2 Å². The second-order valence-corrected chi connectivity index (χ2v) is 7.81. The molecule has 9 heteroatoms. The number of piperazine rings is 1. The second kappa shape index (κ2) is 7.37. The van der Waals surface area contributed by atoms with E-state index in [4.69, 9.17) is 11.6 Å². The molecule has 0 spiro atoms. The van der Waals surface area contributed by atoms with Gasteiger partial charge in [-0.1, -0.05) is 17.7 Å². The highest BCUT2D eigenvalue weighted by Gasteiger charge is 2.25. The van der Waals surface area contributed by atoms with Crippen LogP contribution in [-0.4, -0.2) is 53.7 Å². The van der Waals surface area contributed by atoms with E-state index < -0.39 is 11.6 Å². The standard InChI is InChI=1S/C21H19ClF2N6/c1-28-7-9-29(10-8-28)13-5-6-17-18(11-13)30-21(14(22)12-25-30)27-20(26-17)19-15(23)3-2-4-16(19)24/h2-6,11-12H,7-10H2,1H3,(H,26,27). The molecular weight excluding hydrogens is 410 g/mol. The van der Waals surface area contributed by atoms with Crippen molar-refractivity contribution in [2.45, 2.75) is 0 Å². The van der Waals surface area contributed by atoms with Gasteiger partial charge in [0.2, 0.25) is 0 Å². The average Bonchev–Trinajstić information content (AvgIpc) is 3.00. The Labute approximate surface area is 177 Å². The van der Waals surface area contributed by atoms with Gasteiger partial charge >= 0.3 is 0 Å². The largest absolute Gasteiger partial charge is 0.369 e. The van der Waals surface area contributed by atoms with Crippen LogP contribution >= 0.6 is 11.6 Å². The summed E-state index contributed by atoms with van der Waals surface area (Å²) in [7, 11) is 2.11. The summed E-state index contributed by atoms with van der Waals surface area (Å²) >= 11 is 6.31. The van der Waals surface area contributed by atoms with E-state index in [1.54, 1.807) is 4.68 Å². The van der Waals surface area contributed by atoms with Crippen LogP contribution in [-0.2, 0) is 0 Å². The SMILES string of the molecule is CN1CCN(c2ccc3c(c2)-n2ncc(Cl)c2N=C(c2c(F)cccc2F)N3)CC1. The fourth-order valence-corrected chi connectivity index (χ4v) is 3.93. The van der Waals surface area contributed by atoms with E-state index in [2.05, 4.69) is 32.3 Å². The zero-order chi connectivity index (χ0) is 20.8. The minimum Gasteiger partial charge on any atom is -0.369 e. The Morgan fingerprint density at radius 2 is 1.77 bits per heavy atom. The Hall–Kier alpha value is -2.97. The van der Waals surface area contributed by atoms with Crippen molar-refractivity contribution < 1.29 is 8.78 Å². The summed E-state index contributed by atoms with van der Waals surface area (Å²) in [6.45, 7) is 3.79. The molecule has 1 aromatic heterocycles. The summed E-state index contributed by atoms with van der Waals surface area (Å²) < 4.78 is 30.5. The Morgan fingerprint density at radius 3 is 2.50 bits per heavy atom. The van der Waals surface area contributed by atoms with Crippen molar-refractivity contribution in [2.24, 2.45) is 4.99 Å². The van der Waals surface area contributed by atoms with Crippen LogP contribution in [0.3, 0.4) is 0 Å². The van der Waals surface area contributed by atoms with E-state index in [1.807, 2.05) is 18.2 Å². The number of rotatable bonds is 2. The van der Waals surface area contributed by atoms with Crippen molar-refractivity contribution in [1.82, 2.24) is 14.7 Å². The first-order valence-corrected chi connectivity index (χ1v) is 10.0. The average molecular weight is 429 g/mol. The molecule has 2 aliphatic heterocycles. The maximum Gasteiger partial charge on any atom is 0.176 e. The lowest BCUT2D eigenvalue weighted by Gasteiger charge is -2.34. The third-order valence-electron chi connectivity index (χ3n) is 5.45. The van der Waals surface area contributed by atoms with Crippen LogP contribution in [0.4, 0.5) is 26.0 Å². The predicted molar refractivity (Wildman–Crippen MR) is 114 cm³/mol. The Bertz CT molecular complexity index is 1130. The van der Waals surface area contributed by atoms with Gasteiger partial charge in [0, 0.05) is 31.9 Å². The van der Waals surface area contributed by atoms with Gasteiger partial charge in [-0.3, -0.25) is 0 Å². The van der Waals surface area contributed by atoms with Crippen LogP contribution in [0, 0.1) is 11.6 Å². The lowest BCUT2D eigenvalue weighted by molar-refractivity contribution is 0.313. The van der Waals surface area contributed by atoms with Gasteiger partial charge in [0.1, 0.15) is 22.5 Å². The van der Waals surface area contributed by atoms with Crippen LogP contribution in [0.25, 0.3) is 5.69 Å². The monoisotopic (exact) mass is 428 g/mol. The van der Waals surface area contributed by atoms with Gasteiger partial charge in [-0.15, -0.1) is 0 Å². The van der Waals surface area contributed by atoms with Crippen molar-refractivity contribution in [3.8, 4) is 5.69 Å². The molecule has 1 saturated heterocycles. The number of hydrogen-bond donors (Lipinski definition) is 1. The van der Waals surface area contributed by atoms with Crippen molar-refractivity contribution in [3.05, 3.63) is 64.8 Å². The van der Waals surface area contributed by atoms with Crippen LogP contribution in [0.1, 0.15) is 5.56 Å². The molecule has 0 bridgehead atoms. The molecule has 0 atom stereocenters. The second-order valence-electron chi connectivity index (χ2n) is 7.40. The first-order valence-electron chi connectivity index (χ1n) is 9.63. The fourth-order valence-electron chi connectivity index (χ4n) is 3.77. The van der Waals surface area contributed by atoms with Gasteiger partial charge < -0.3 is 15.1 Å². The number of nitrogens with zero attached hydrogens (tertiary/aromatic N) is 5. The maximum atomic E-state index is 14.5. The van der Waals surface area contributed by atoms with Crippen LogP contribution in [0.5, 0.6) is 0 Å². The minimum atomic E-state index is -0.707. The van der Waals surface area contributed by atoms with Crippen molar-refractivity contribution in [3.63, 3.8) is 0 Å². The van der Waals surface area contributed by atoms with Crippen molar-refractivity contribution in [2.75, 3.05) is 43.4 Å². The van der Waals surface area contributed by atoms with E-state index in [0.29, 0.717) is 22.2 Å². The van der Waals surface area contributed by atoms with Gasteiger partial charge in [0.25, 0.3) is 0 Å². The molecule has 0 radical (unpaired) electrons. The van der Waals surface area contributed by atoms with Crippen LogP contribution in [0.2, 0.25) is 5.02 Å². The molecular formula is C21H19ClF2N6. The number of amidine groups is 1. The van der Waals surface area contributed by atoms with Gasteiger partial charge in [0.15, 0.2) is 5.82 Å². The predicted octanol–water partition coefficient (Wildman–Crippen LogP) is 4.06. The summed E-state index contributed by atoms with van der Waals surface area (Å²) in [5.74, 6) is -1.06. The number of halogens is 3. The number of hydrogen-bond acceptors (Lipinski definition) is 5. The third kappa shape index (κ3) is 3.22. The van der Waals surface area contributed by atoms with Crippen molar-refractivity contribution >= 4 is 34.6 Å². The Kier molecular flexibility index (Phi) is 4.67. The molecule has 154 valence electrons. The lowest BCUT2D eigenvalue weighted by Crippen LogP contribution is -2.44. The molecule has 6 nitrogen and oxygen atoms in total. The molecule has 1 fully saturated rings. The summed E-state index contributed by atoms with van der Waals surface area (Å²) in [4.78, 5) is 9.02. The van der Waals surface area contributed by atoms with Crippen molar-refractivity contribution in [1.29, 1.82) is 0 Å². The van der Waals surface area contributed by atoms with E-state index in [1.165, 1.54) is 24.4 Å². The van der Waals surface area contributed by atoms with Gasteiger partial charge in [-0.05, 0) is 37.4 Å². The number of fused-ring (bicyclic) bond motifs is 3. The Balaban J connectivity index is 1.62. The van der Waals surface area contributed by atoms with Gasteiger partial charge in [-0.2, -0.15) is 5.10 Å². The number of likely N-dealkylation sites (N-methyl/N-ethyl adjacent to an activating group) is 1. The van der Waals surface area contributed by atoms with E-state index >= 15 is 0 Å². The number of aliphatic imine (C=N–C) groups is 1. The topological polar surface area (TPSA) is 48.7 Å². The summed E-state index contributed by atoms with van der Waals surface area (Å²) in [6.07, 6.45) is 1.48. The molecule has 3 heterocycles. The first kappa shape index (κ1) is 19.0. The van der Waals surface area contributed by atoms with Gasteiger partial charge in [0.05, 0.1) is 23.1 Å². The highest BCUT2D eigenvalue weighted by atomic mass is 35.5. The number of nitrogens with one attached hydrogen (secondary N) is 1. The zero-order valence-electron chi connectivity index (χ0n) is 16.2. The zero-order valence-corrected chi connectivity index (χ0v) is 17.0. The molecule has 30 heavy (non-hydrogen) atoms. The molecule has 0 aliphatic carbocycles. The fraction of sp³-hybridized carbons (Fsp3) is 0.238. The summed E-state index contributed by atoms with van der Waals surface area (Å²) in [5, 5.41) is 7.73. The van der Waals surface area contributed by atoms with E-state index in [0.717, 1.165) is 31.9 Å². The molecule has 5 rings (SSSR count). The minimum absolute atomic E-state index is 0.0420. The smallest absolute Gasteiger partial charge is 0.176 e. The molecule has 2 aliphatic rings. The molecule has 1 N–H and O–H groups in total. The molecule has 0 amide bonds. The van der Waals surface area contributed by atoms with Gasteiger partial charge in [-0.25, -0.2) is 18.5 Å². The molecule has 3 aromatic rings. The number of anilines is 2. The number of benzene rings is 2. The highest BCUT2D eigenvalue weighted by molar-refractivity contribution is 6.33. The maximum absolute atomic E-state index is 14.5. The quantitative estimate of drug-likeness (QED) is 0.668.